The molecule has 2 aliphatic rings. The molecule has 18 heavy (non-hydrogen) atoms. The molecule has 2 amide bonds. The maximum Gasteiger partial charge on any atom is 0.225 e. The third-order valence-corrected chi connectivity index (χ3v) is 3.78. The molecule has 0 bridgehead atoms. The van der Waals surface area contributed by atoms with Gasteiger partial charge in [0.05, 0.1) is 5.54 Å². The van der Waals surface area contributed by atoms with Gasteiger partial charge in [0.25, 0.3) is 0 Å². The Balaban J connectivity index is 2.11. The lowest BCUT2D eigenvalue weighted by Gasteiger charge is -2.40. The first-order valence-electron chi connectivity index (χ1n) is 6.83. The van der Waals surface area contributed by atoms with Crippen molar-refractivity contribution < 1.29 is 9.59 Å². The van der Waals surface area contributed by atoms with E-state index in [1.165, 1.54) is 0 Å². The Labute approximate surface area is 108 Å². The van der Waals surface area contributed by atoms with Gasteiger partial charge in [-0.3, -0.25) is 9.59 Å². The molecule has 5 heteroatoms. The number of nitrogens with zero attached hydrogens (tertiary/aromatic N) is 1. The molecule has 5 nitrogen and oxygen atoms in total. The van der Waals surface area contributed by atoms with Gasteiger partial charge in [-0.05, 0) is 12.8 Å². The highest BCUT2D eigenvalue weighted by molar-refractivity contribution is 5.79. The smallest absolute Gasteiger partial charge is 0.225 e. The van der Waals surface area contributed by atoms with E-state index in [2.05, 4.69) is 10.6 Å². The summed E-state index contributed by atoms with van der Waals surface area (Å²) < 4.78 is 0. The predicted molar refractivity (Wildman–Crippen MR) is 69.0 cm³/mol. The lowest BCUT2D eigenvalue weighted by atomic mass is 9.88. The second-order valence-corrected chi connectivity index (χ2v) is 5.77. The van der Waals surface area contributed by atoms with E-state index >= 15 is 0 Å². The van der Waals surface area contributed by atoms with Crippen molar-refractivity contribution in [3.8, 4) is 0 Å². The summed E-state index contributed by atoms with van der Waals surface area (Å²) in [6, 6.07) is 0. The van der Waals surface area contributed by atoms with Crippen LogP contribution in [0.3, 0.4) is 0 Å². The van der Waals surface area contributed by atoms with Crippen molar-refractivity contribution in [2.75, 3.05) is 26.2 Å². The molecule has 1 atom stereocenters. The van der Waals surface area contributed by atoms with E-state index < -0.39 is 0 Å². The highest BCUT2D eigenvalue weighted by atomic mass is 16.2. The van der Waals surface area contributed by atoms with E-state index in [0.29, 0.717) is 13.0 Å². The largest absolute Gasteiger partial charge is 0.348 e. The third-order valence-electron chi connectivity index (χ3n) is 3.78. The van der Waals surface area contributed by atoms with Gasteiger partial charge >= 0.3 is 0 Å². The van der Waals surface area contributed by atoms with Crippen LogP contribution < -0.4 is 10.6 Å². The number of rotatable bonds is 1. The minimum absolute atomic E-state index is 0.0134. The summed E-state index contributed by atoms with van der Waals surface area (Å²) in [7, 11) is 0. The average Bonchev–Trinajstić information content (AvgIpc) is 2.51. The van der Waals surface area contributed by atoms with Crippen LogP contribution in [-0.4, -0.2) is 48.4 Å². The van der Waals surface area contributed by atoms with Crippen LogP contribution in [0, 0.1) is 5.92 Å². The highest BCUT2D eigenvalue weighted by Crippen LogP contribution is 2.22. The Hall–Kier alpha value is -1.10. The van der Waals surface area contributed by atoms with Gasteiger partial charge in [0.15, 0.2) is 0 Å². The Bertz CT molecular complexity index is 343. The lowest BCUT2D eigenvalue weighted by molar-refractivity contribution is -0.136. The molecule has 0 aliphatic carbocycles. The molecule has 2 N–H and O–H groups in total. The molecule has 1 spiro atoms. The summed E-state index contributed by atoms with van der Waals surface area (Å²) in [4.78, 5) is 25.7. The summed E-state index contributed by atoms with van der Waals surface area (Å²) in [6.07, 6.45) is 2.48. The minimum atomic E-state index is -0.254. The Morgan fingerprint density at radius 3 is 2.89 bits per heavy atom. The molecule has 1 unspecified atom stereocenters. The summed E-state index contributed by atoms with van der Waals surface area (Å²) in [5, 5.41) is 6.44. The molecule has 0 saturated carbocycles. The van der Waals surface area contributed by atoms with Crippen LogP contribution in [0.4, 0.5) is 0 Å². The van der Waals surface area contributed by atoms with Gasteiger partial charge in [0, 0.05) is 38.5 Å². The summed E-state index contributed by atoms with van der Waals surface area (Å²) >= 11 is 0. The van der Waals surface area contributed by atoms with Crippen LogP contribution in [-0.2, 0) is 9.59 Å². The molecule has 102 valence electrons. The van der Waals surface area contributed by atoms with Crippen molar-refractivity contribution in [3.05, 3.63) is 0 Å². The lowest BCUT2D eigenvalue weighted by Crippen LogP contribution is -2.61. The monoisotopic (exact) mass is 253 g/mol. The number of carbonyl (C=O) groups is 2. The van der Waals surface area contributed by atoms with Gasteiger partial charge in [-0.15, -0.1) is 0 Å². The van der Waals surface area contributed by atoms with E-state index in [1.54, 1.807) is 0 Å². The first kappa shape index (κ1) is 13.3. The first-order valence-corrected chi connectivity index (χ1v) is 6.83. The summed E-state index contributed by atoms with van der Waals surface area (Å²) in [6.45, 7) is 6.79. The number of hydrogen-bond donors (Lipinski definition) is 2. The van der Waals surface area contributed by atoms with Crippen molar-refractivity contribution in [1.29, 1.82) is 0 Å². The number of amides is 2. The molecule has 0 aromatic heterocycles. The second-order valence-electron chi connectivity index (χ2n) is 5.77. The van der Waals surface area contributed by atoms with Crippen molar-refractivity contribution in [2.45, 2.75) is 38.6 Å². The fourth-order valence-corrected chi connectivity index (χ4v) is 2.85. The van der Waals surface area contributed by atoms with Crippen LogP contribution in [0.15, 0.2) is 0 Å². The first-order chi connectivity index (χ1) is 8.52. The van der Waals surface area contributed by atoms with E-state index in [-0.39, 0.29) is 23.3 Å². The molecule has 2 fully saturated rings. The molecular formula is C13H23N3O2. The summed E-state index contributed by atoms with van der Waals surface area (Å²) in [5.74, 6) is 0.305. The quantitative estimate of drug-likeness (QED) is 0.697. The SMILES string of the molecule is CC(C)C(=O)N1CCNCC2(CCCC(=O)N2)C1. The van der Waals surface area contributed by atoms with Gasteiger partial charge in [-0.2, -0.15) is 0 Å². The van der Waals surface area contributed by atoms with Crippen molar-refractivity contribution in [1.82, 2.24) is 15.5 Å². The van der Waals surface area contributed by atoms with Crippen molar-refractivity contribution in [2.24, 2.45) is 5.92 Å². The van der Waals surface area contributed by atoms with Crippen LogP contribution in [0.5, 0.6) is 0 Å². The second kappa shape index (κ2) is 5.26. The highest BCUT2D eigenvalue weighted by Gasteiger charge is 2.39. The number of hydrogen-bond acceptors (Lipinski definition) is 3. The molecule has 2 rings (SSSR count). The van der Waals surface area contributed by atoms with Gasteiger partial charge < -0.3 is 15.5 Å². The summed E-state index contributed by atoms with van der Waals surface area (Å²) in [5.41, 5.74) is -0.254. The zero-order chi connectivity index (χ0) is 13.2. The maximum absolute atomic E-state index is 12.1. The minimum Gasteiger partial charge on any atom is -0.348 e. The van der Waals surface area contributed by atoms with E-state index in [1.807, 2.05) is 18.7 Å². The molecule has 2 heterocycles. The Morgan fingerprint density at radius 2 is 2.22 bits per heavy atom. The number of piperidine rings is 1. The normalized spacial score (nSPS) is 29.3. The number of nitrogens with one attached hydrogen (secondary N) is 2. The predicted octanol–water partition coefficient (Wildman–Crippen LogP) is 0.113. The van der Waals surface area contributed by atoms with Crippen LogP contribution in [0.2, 0.25) is 0 Å². The maximum atomic E-state index is 12.1. The molecule has 0 radical (unpaired) electrons. The zero-order valence-corrected chi connectivity index (χ0v) is 11.3. The van der Waals surface area contributed by atoms with E-state index in [9.17, 15) is 9.59 Å². The van der Waals surface area contributed by atoms with E-state index in [0.717, 1.165) is 32.5 Å². The van der Waals surface area contributed by atoms with E-state index in [4.69, 9.17) is 0 Å². The fraction of sp³-hybridized carbons (Fsp3) is 0.846. The van der Waals surface area contributed by atoms with Crippen LogP contribution in [0.1, 0.15) is 33.1 Å². The molecule has 2 aliphatic heterocycles. The molecule has 0 aromatic rings. The van der Waals surface area contributed by atoms with Crippen molar-refractivity contribution >= 4 is 11.8 Å². The number of carbonyl (C=O) groups excluding carboxylic acids is 2. The average molecular weight is 253 g/mol. The molecule has 0 aromatic carbocycles. The fourth-order valence-electron chi connectivity index (χ4n) is 2.85. The van der Waals surface area contributed by atoms with Gasteiger partial charge in [0.1, 0.15) is 0 Å². The Kier molecular flexibility index (Phi) is 3.90. The molecular weight excluding hydrogens is 230 g/mol. The zero-order valence-electron chi connectivity index (χ0n) is 11.3. The third kappa shape index (κ3) is 2.83. The standard InChI is InChI=1S/C13H23N3O2/c1-10(2)12(18)16-7-6-14-8-13(9-16)5-3-4-11(17)15-13/h10,14H,3-9H2,1-2H3,(H,15,17). The topological polar surface area (TPSA) is 61.4 Å². The van der Waals surface area contributed by atoms with Gasteiger partial charge in [0.2, 0.25) is 11.8 Å². The van der Waals surface area contributed by atoms with Gasteiger partial charge in [-0.25, -0.2) is 0 Å². The van der Waals surface area contributed by atoms with Crippen LogP contribution in [0.25, 0.3) is 0 Å². The van der Waals surface area contributed by atoms with Crippen molar-refractivity contribution in [3.63, 3.8) is 0 Å². The van der Waals surface area contributed by atoms with Gasteiger partial charge in [-0.1, -0.05) is 13.8 Å². The van der Waals surface area contributed by atoms with Crippen LogP contribution >= 0.6 is 0 Å². The molecule has 2 saturated heterocycles. The Morgan fingerprint density at radius 1 is 1.44 bits per heavy atom.